The Balaban J connectivity index is 2.31. The van der Waals surface area contributed by atoms with E-state index in [9.17, 15) is 18.7 Å². The van der Waals surface area contributed by atoms with E-state index in [-0.39, 0.29) is 5.92 Å². The number of carbonyl (C=O) groups is 1. The van der Waals surface area contributed by atoms with Crippen molar-refractivity contribution in [3.63, 3.8) is 0 Å². The van der Waals surface area contributed by atoms with Gasteiger partial charge in [0.2, 0.25) is 0 Å². The number of carboxylic acid groups (broad SMARTS) is 1. The van der Waals surface area contributed by atoms with Crippen LogP contribution >= 0.6 is 0 Å². The van der Waals surface area contributed by atoms with Crippen molar-refractivity contribution in [2.75, 3.05) is 0 Å². The van der Waals surface area contributed by atoms with Gasteiger partial charge in [-0.2, -0.15) is 8.78 Å². The summed E-state index contributed by atoms with van der Waals surface area (Å²) in [7, 11) is 0. The van der Waals surface area contributed by atoms with Gasteiger partial charge in [-0.1, -0.05) is 20.3 Å². The van der Waals surface area contributed by atoms with Gasteiger partial charge in [0.05, 0.1) is 0 Å². The van der Waals surface area contributed by atoms with Crippen LogP contribution < -0.4 is 0 Å². The molecule has 0 heterocycles. The topological polar surface area (TPSA) is 57.5 Å². The van der Waals surface area contributed by atoms with Gasteiger partial charge < -0.3 is 10.2 Å². The van der Waals surface area contributed by atoms with E-state index in [4.69, 9.17) is 5.11 Å². The van der Waals surface area contributed by atoms with Crippen molar-refractivity contribution >= 4 is 5.97 Å². The van der Waals surface area contributed by atoms with Gasteiger partial charge in [-0.25, -0.2) is 4.79 Å². The number of rotatable bonds is 4. The van der Waals surface area contributed by atoms with Crippen molar-refractivity contribution in [1.82, 2.24) is 0 Å². The lowest BCUT2D eigenvalue weighted by Crippen LogP contribution is -2.56. The zero-order valence-electron chi connectivity index (χ0n) is 12.1. The predicted octanol–water partition coefficient (Wildman–Crippen LogP) is 3.31. The minimum absolute atomic E-state index is 0.269. The number of fused-ring (bicyclic) bond motifs is 2. The second-order valence-corrected chi connectivity index (χ2v) is 7.02. The molecule has 0 saturated heterocycles. The van der Waals surface area contributed by atoms with Crippen molar-refractivity contribution < 1.29 is 23.8 Å². The van der Waals surface area contributed by atoms with E-state index in [2.05, 4.69) is 0 Å². The van der Waals surface area contributed by atoms with Crippen LogP contribution in [0.3, 0.4) is 0 Å². The average Bonchev–Trinajstić information content (AvgIpc) is 2.35. The molecule has 3 nitrogen and oxygen atoms in total. The van der Waals surface area contributed by atoms with E-state index in [0.717, 1.165) is 19.3 Å². The number of aliphatic carboxylic acids is 1. The third-order valence-corrected chi connectivity index (χ3v) is 5.33. The highest BCUT2D eigenvalue weighted by Crippen LogP contribution is 2.57. The van der Waals surface area contributed by atoms with Crippen LogP contribution in [0.4, 0.5) is 8.78 Å². The molecule has 20 heavy (non-hydrogen) atoms. The van der Waals surface area contributed by atoms with E-state index in [0.29, 0.717) is 31.1 Å². The zero-order chi connectivity index (χ0) is 15.1. The van der Waals surface area contributed by atoms with Crippen LogP contribution in [0.15, 0.2) is 0 Å². The highest BCUT2D eigenvalue weighted by molar-refractivity contribution is 5.76. The lowest BCUT2D eigenvalue weighted by Gasteiger charge is -2.53. The fourth-order valence-corrected chi connectivity index (χ4v) is 4.71. The van der Waals surface area contributed by atoms with Crippen LogP contribution in [0.1, 0.15) is 52.4 Å². The average molecular weight is 290 g/mol. The predicted molar refractivity (Wildman–Crippen MR) is 70.5 cm³/mol. The molecule has 0 aromatic heterocycles. The highest BCUT2D eigenvalue weighted by atomic mass is 19.3. The van der Waals surface area contributed by atoms with Gasteiger partial charge in [0.25, 0.3) is 0 Å². The molecule has 0 aliphatic heterocycles. The van der Waals surface area contributed by atoms with Gasteiger partial charge >= 0.3 is 11.9 Å². The summed E-state index contributed by atoms with van der Waals surface area (Å²) in [6, 6.07) is 0. The Morgan fingerprint density at radius 2 is 2.00 bits per heavy atom. The highest BCUT2D eigenvalue weighted by Gasteiger charge is 2.60. The van der Waals surface area contributed by atoms with Gasteiger partial charge in [0, 0.05) is 5.41 Å². The molecule has 0 aromatic carbocycles. The van der Waals surface area contributed by atoms with E-state index < -0.39 is 23.4 Å². The largest absolute Gasteiger partial charge is 0.477 e. The number of halogens is 2. The first-order valence-corrected chi connectivity index (χ1v) is 7.50. The summed E-state index contributed by atoms with van der Waals surface area (Å²) in [5, 5.41) is 18.9. The van der Waals surface area contributed by atoms with Crippen molar-refractivity contribution in [2.24, 2.45) is 23.2 Å². The fraction of sp³-hybridized carbons (Fsp3) is 0.933. The molecule has 2 fully saturated rings. The second kappa shape index (κ2) is 5.24. The van der Waals surface area contributed by atoms with Gasteiger partial charge in [0.15, 0.2) is 0 Å². The maximum atomic E-state index is 13.8. The molecule has 0 spiro atoms. The van der Waals surface area contributed by atoms with Gasteiger partial charge in [-0.3, -0.25) is 0 Å². The molecule has 2 N–H and O–H groups in total. The summed E-state index contributed by atoms with van der Waals surface area (Å²) in [4.78, 5) is 10.8. The molecule has 5 heteroatoms. The van der Waals surface area contributed by atoms with Crippen LogP contribution in [-0.4, -0.2) is 28.2 Å². The molecule has 2 rings (SSSR count). The molecule has 5 unspecified atom stereocenters. The molecular weight excluding hydrogens is 266 g/mol. The van der Waals surface area contributed by atoms with E-state index in [1.165, 1.54) is 0 Å². The van der Waals surface area contributed by atoms with Crippen LogP contribution in [0.5, 0.6) is 0 Å². The Kier molecular flexibility index (Phi) is 4.11. The van der Waals surface area contributed by atoms with Crippen LogP contribution in [0.2, 0.25) is 0 Å². The summed E-state index contributed by atoms with van der Waals surface area (Å²) in [6.07, 6.45) is 2.42. The Bertz CT molecular complexity index is 381. The van der Waals surface area contributed by atoms with Gasteiger partial charge in [-0.05, 0) is 49.9 Å². The third-order valence-electron chi connectivity index (χ3n) is 5.33. The Labute approximate surface area is 118 Å². The van der Waals surface area contributed by atoms with Crippen molar-refractivity contribution in [2.45, 2.75) is 64.4 Å². The quantitative estimate of drug-likeness (QED) is 0.835. The molecule has 0 amide bonds. The first-order valence-electron chi connectivity index (χ1n) is 7.50. The molecule has 0 radical (unpaired) electrons. The van der Waals surface area contributed by atoms with Gasteiger partial charge in [0.1, 0.15) is 6.10 Å². The lowest BCUT2D eigenvalue weighted by molar-refractivity contribution is -0.212. The Morgan fingerprint density at radius 3 is 2.55 bits per heavy atom. The number of carboxylic acids is 1. The summed E-state index contributed by atoms with van der Waals surface area (Å²) < 4.78 is 27.6. The summed E-state index contributed by atoms with van der Waals surface area (Å²) >= 11 is 0. The second-order valence-electron chi connectivity index (χ2n) is 7.02. The van der Waals surface area contributed by atoms with Crippen molar-refractivity contribution in [3.8, 4) is 0 Å². The first kappa shape index (κ1) is 15.7. The van der Waals surface area contributed by atoms with Crippen LogP contribution in [0, 0.1) is 23.2 Å². The Hall–Kier alpha value is -0.710. The molecule has 2 saturated carbocycles. The molecule has 2 aliphatic rings. The van der Waals surface area contributed by atoms with E-state index in [1.807, 2.05) is 13.8 Å². The summed E-state index contributed by atoms with van der Waals surface area (Å²) in [5.41, 5.74) is -0.927. The SMILES string of the molecule is CCC1CC2CC(C)CC(C(O)C(F)(F)C(=O)O)(C1)C2. The molecule has 116 valence electrons. The zero-order valence-corrected chi connectivity index (χ0v) is 12.1. The number of aliphatic hydroxyl groups is 1. The lowest BCUT2D eigenvalue weighted by atomic mass is 9.53. The van der Waals surface area contributed by atoms with Crippen LogP contribution in [-0.2, 0) is 4.79 Å². The summed E-state index contributed by atoms with van der Waals surface area (Å²) in [6.45, 7) is 4.05. The smallest absolute Gasteiger partial charge is 0.377 e. The summed E-state index contributed by atoms with van der Waals surface area (Å²) in [5.74, 6) is -5.34. The van der Waals surface area contributed by atoms with Gasteiger partial charge in [-0.15, -0.1) is 0 Å². The van der Waals surface area contributed by atoms with Crippen molar-refractivity contribution in [3.05, 3.63) is 0 Å². The standard InChI is InChI=1S/C15H24F2O3/c1-3-10-5-11-4-9(2)6-14(7-10,8-11)12(18)15(16,17)13(19)20/h9-12,18H,3-8H2,1-2H3,(H,19,20). The third kappa shape index (κ3) is 2.57. The minimum atomic E-state index is -4.06. The fourth-order valence-electron chi connectivity index (χ4n) is 4.71. The van der Waals surface area contributed by atoms with Crippen molar-refractivity contribution in [1.29, 1.82) is 0 Å². The van der Waals surface area contributed by atoms with E-state index >= 15 is 0 Å². The Morgan fingerprint density at radius 1 is 1.35 bits per heavy atom. The first-order chi connectivity index (χ1) is 9.21. The monoisotopic (exact) mass is 290 g/mol. The number of hydrogen-bond donors (Lipinski definition) is 2. The molecule has 0 aromatic rings. The van der Waals surface area contributed by atoms with Crippen LogP contribution in [0.25, 0.3) is 0 Å². The van der Waals surface area contributed by atoms with E-state index in [1.54, 1.807) is 0 Å². The maximum Gasteiger partial charge on any atom is 0.377 e. The molecule has 2 aliphatic carbocycles. The number of hydrogen-bond acceptors (Lipinski definition) is 2. The molecule has 5 atom stereocenters. The molecule has 2 bridgehead atoms. The number of alkyl halides is 2. The number of aliphatic hydroxyl groups excluding tert-OH is 1. The normalized spacial score (nSPS) is 39.4. The maximum absolute atomic E-state index is 13.8. The molecular formula is C15H24F2O3. The minimum Gasteiger partial charge on any atom is -0.477 e.